The first-order valence-corrected chi connectivity index (χ1v) is 12.6. The van der Waals surface area contributed by atoms with Gasteiger partial charge < -0.3 is 9.47 Å². The maximum absolute atomic E-state index is 13.8. The summed E-state index contributed by atoms with van der Waals surface area (Å²) in [4.78, 5) is 25.5. The monoisotopic (exact) mass is 544 g/mol. The largest absolute Gasteiger partial charge is 0.458 e. The van der Waals surface area contributed by atoms with Gasteiger partial charge in [-0.1, -0.05) is 36.2 Å². The first-order valence-electron chi connectivity index (χ1n) is 11.1. The van der Waals surface area contributed by atoms with Crippen LogP contribution >= 0.6 is 0 Å². The van der Waals surface area contributed by atoms with Crippen LogP contribution in [0.15, 0.2) is 12.1 Å². The van der Waals surface area contributed by atoms with Gasteiger partial charge >= 0.3 is 33.5 Å². The molecule has 2 aliphatic rings. The Labute approximate surface area is 213 Å². The molecule has 1 aromatic rings. The second-order valence-electron chi connectivity index (χ2n) is 9.08. The molecule has 5 unspecified atom stereocenters. The Kier molecular flexibility index (Phi) is 8.43. The van der Waals surface area contributed by atoms with Crippen LogP contribution in [0.4, 0.5) is 22.0 Å². The predicted molar refractivity (Wildman–Crippen MR) is 121 cm³/mol. The van der Waals surface area contributed by atoms with Crippen LogP contribution in [0.5, 0.6) is 0 Å². The highest BCUT2D eigenvalue weighted by Crippen LogP contribution is 2.51. The van der Waals surface area contributed by atoms with Crippen molar-refractivity contribution >= 4 is 45.6 Å². The lowest BCUT2D eigenvalue weighted by atomic mass is 9.81. The summed E-state index contributed by atoms with van der Waals surface area (Å²) in [6.07, 6.45) is -10.8. The van der Waals surface area contributed by atoms with E-state index in [9.17, 15) is 40.0 Å². The number of ether oxygens (including phenoxy) is 2. The molecule has 1 N–H and O–H groups in total. The molecule has 2 aliphatic carbocycles. The molecule has 0 heterocycles. The topological polar surface area (TPSA) is 107 Å². The molecule has 2 bridgehead atoms. The van der Waals surface area contributed by atoms with E-state index in [0.717, 1.165) is 0 Å². The molecule has 0 aromatic heterocycles. The Morgan fingerprint density at radius 2 is 1.68 bits per heavy atom. The van der Waals surface area contributed by atoms with Crippen LogP contribution in [0.2, 0.25) is 0 Å². The van der Waals surface area contributed by atoms with Gasteiger partial charge in [0.1, 0.15) is 6.10 Å². The maximum Gasteiger partial charge on any atom is 0.432 e. The molecular formula is C21H20B3F5O7S. The minimum absolute atomic E-state index is 0.0341. The second-order valence-corrected chi connectivity index (χ2v) is 10.6. The van der Waals surface area contributed by atoms with Gasteiger partial charge in [0, 0.05) is 5.92 Å². The van der Waals surface area contributed by atoms with Crippen LogP contribution in [0.3, 0.4) is 0 Å². The SMILES string of the molecule is [B]Cc1cc(C[B])c(C[B])c(C(=O)OC2CC3CC(C(=O)OC(C(F)(F)F)C(F)(F)S(=O)(=O)O)C2C3)c1. The number of rotatable bonds is 9. The van der Waals surface area contributed by atoms with Crippen LogP contribution in [0, 0.1) is 17.8 Å². The van der Waals surface area contributed by atoms with Crippen molar-refractivity contribution in [2.75, 3.05) is 0 Å². The van der Waals surface area contributed by atoms with Crippen LogP contribution in [-0.2, 0) is 43.3 Å². The van der Waals surface area contributed by atoms with E-state index in [1.165, 1.54) is 6.07 Å². The van der Waals surface area contributed by atoms with Gasteiger partial charge in [-0.05, 0) is 36.8 Å². The van der Waals surface area contributed by atoms with Crippen LogP contribution in [0.25, 0.3) is 0 Å². The number of fused-ring (bicyclic) bond motifs is 2. The van der Waals surface area contributed by atoms with Gasteiger partial charge in [-0.25, -0.2) is 4.79 Å². The fourth-order valence-corrected chi connectivity index (χ4v) is 5.53. The maximum atomic E-state index is 13.8. The molecule has 2 saturated carbocycles. The van der Waals surface area contributed by atoms with E-state index in [4.69, 9.17) is 32.8 Å². The molecule has 5 atom stereocenters. The molecule has 16 heteroatoms. The van der Waals surface area contributed by atoms with E-state index in [-0.39, 0.29) is 49.7 Å². The lowest BCUT2D eigenvalue weighted by Gasteiger charge is -2.31. The summed E-state index contributed by atoms with van der Waals surface area (Å²) in [6, 6.07) is 3.15. The van der Waals surface area contributed by atoms with Crippen molar-refractivity contribution in [1.82, 2.24) is 0 Å². The van der Waals surface area contributed by atoms with Gasteiger partial charge in [-0.15, -0.1) is 0 Å². The van der Waals surface area contributed by atoms with E-state index in [1.54, 1.807) is 6.07 Å². The average Bonchev–Trinajstić information content (AvgIpc) is 3.40. The quantitative estimate of drug-likeness (QED) is 0.220. The minimum atomic E-state index is -6.57. The zero-order valence-electron chi connectivity index (χ0n) is 19.2. The van der Waals surface area contributed by atoms with Crippen molar-refractivity contribution in [3.63, 3.8) is 0 Å². The van der Waals surface area contributed by atoms with E-state index >= 15 is 0 Å². The highest BCUT2D eigenvalue weighted by molar-refractivity contribution is 7.86. The average molecular weight is 544 g/mol. The molecule has 1 aromatic carbocycles. The van der Waals surface area contributed by atoms with E-state index in [2.05, 4.69) is 4.74 Å². The van der Waals surface area contributed by atoms with Crippen molar-refractivity contribution in [1.29, 1.82) is 0 Å². The molecule has 2 fully saturated rings. The molecule has 7 nitrogen and oxygen atoms in total. The fraction of sp³-hybridized carbons (Fsp3) is 0.619. The lowest BCUT2D eigenvalue weighted by Crippen LogP contribution is -2.53. The molecule has 3 rings (SSSR count). The summed E-state index contributed by atoms with van der Waals surface area (Å²) < 4.78 is 107. The summed E-state index contributed by atoms with van der Waals surface area (Å²) in [5.74, 6) is -5.08. The number of benzene rings is 1. The molecular weight excluding hydrogens is 524 g/mol. The summed E-state index contributed by atoms with van der Waals surface area (Å²) >= 11 is 0. The lowest BCUT2D eigenvalue weighted by molar-refractivity contribution is -0.261. The first-order chi connectivity index (χ1) is 17.0. The fourth-order valence-electron chi connectivity index (χ4n) is 5.08. The molecule has 37 heavy (non-hydrogen) atoms. The molecule has 0 saturated heterocycles. The predicted octanol–water partition coefficient (Wildman–Crippen LogP) is 2.22. The summed E-state index contributed by atoms with van der Waals surface area (Å²) in [5, 5.41) is -5.84. The summed E-state index contributed by atoms with van der Waals surface area (Å²) in [6.45, 7) is 0. The number of esters is 2. The Balaban J connectivity index is 1.81. The number of carbonyl (C=O) groups excluding carboxylic acids is 2. The third-order valence-corrected chi connectivity index (χ3v) is 7.68. The van der Waals surface area contributed by atoms with Crippen LogP contribution < -0.4 is 0 Å². The standard InChI is InChI=1S/C21H20B3F5O7S/c22-6-10-1-11(7-23)15(8-24)14(4-10)17(30)35-16-5-9-2-12(16)13(3-9)18(31)36-19(20(25,26)27)21(28,29)37(32,33)34/h1,4,9,12-13,16,19H,2-3,5-8H2,(H,32,33,34). The summed E-state index contributed by atoms with van der Waals surface area (Å²) in [7, 11) is 10.6. The van der Waals surface area contributed by atoms with Crippen molar-refractivity contribution in [3.05, 3.63) is 34.4 Å². The number of halogens is 5. The number of carbonyl (C=O) groups is 2. The molecule has 6 radical (unpaired) electrons. The Hall–Kier alpha value is -2.09. The normalized spacial score (nSPS) is 24.6. The third-order valence-electron chi connectivity index (χ3n) is 6.78. The highest BCUT2D eigenvalue weighted by atomic mass is 32.2. The third kappa shape index (κ3) is 5.84. The van der Waals surface area contributed by atoms with Gasteiger partial charge in [0.05, 0.1) is 35.0 Å². The smallest absolute Gasteiger partial charge is 0.432 e. The zero-order chi connectivity index (χ0) is 27.9. The minimum Gasteiger partial charge on any atom is -0.458 e. The van der Waals surface area contributed by atoms with Gasteiger partial charge in [0.25, 0.3) is 6.10 Å². The molecule has 0 aliphatic heterocycles. The number of hydrogen-bond acceptors (Lipinski definition) is 6. The first kappa shape index (κ1) is 29.5. The van der Waals surface area contributed by atoms with Crippen molar-refractivity contribution in [3.8, 4) is 0 Å². The van der Waals surface area contributed by atoms with Crippen LogP contribution in [0.1, 0.15) is 46.3 Å². The van der Waals surface area contributed by atoms with E-state index in [0.29, 0.717) is 16.7 Å². The van der Waals surface area contributed by atoms with Gasteiger partial charge in [0.15, 0.2) is 0 Å². The van der Waals surface area contributed by atoms with Gasteiger partial charge in [-0.3, -0.25) is 9.35 Å². The van der Waals surface area contributed by atoms with Crippen molar-refractivity contribution in [2.45, 2.75) is 61.9 Å². The van der Waals surface area contributed by atoms with E-state index < -0.39 is 57.5 Å². The van der Waals surface area contributed by atoms with Crippen LogP contribution in [-0.4, -0.2) is 72.1 Å². The Bertz CT molecular complexity index is 1160. The van der Waals surface area contributed by atoms with Gasteiger partial charge in [0.2, 0.25) is 0 Å². The number of alkyl halides is 5. The number of hydrogen-bond donors (Lipinski definition) is 1. The Morgan fingerprint density at radius 1 is 1.03 bits per heavy atom. The molecule has 196 valence electrons. The molecule has 0 spiro atoms. The summed E-state index contributed by atoms with van der Waals surface area (Å²) in [5.41, 5.74) is 1.61. The van der Waals surface area contributed by atoms with E-state index in [1.807, 2.05) is 0 Å². The van der Waals surface area contributed by atoms with Crippen molar-refractivity contribution < 1.29 is 54.0 Å². The zero-order valence-corrected chi connectivity index (χ0v) is 20.0. The Morgan fingerprint density at radius 3 is 2.16 bits per heavy atom. The highest BCUT2D eigenvalue weighted by Gasteiger charge is 2.66. The second kappa shape index (κ2) is 10.6. The molecule has 0 amide bonds. The van der Waals surface area contributed by atoms with Crippen molar-refractivity contribution in [2.24, 2.45) is 17.8 Å². The van der Waals surface area contributed by atoms with Gasteiger partial charge in [-0.2, -0.15) is 30.4 Å².